The minimum Gasteiger partial charge on any atom is -0.468 e. The number of nitrogens with zero attached hydrogens (tertiary/aromatic N) is 1. The van der Waals surface area contributed by atoms with E-state index in [2.05, 4.69) is 17.2 Å². The van der Waals surface area contributed by atoms with E-state index in [1.807, 2.05) is 26.0 Å². The summed E-state index contributed by atoms with van der Waals surface area (Å²) in [6.45, 7) is 6.86. The smallest absolute Gasteiger partial charge is 0.256 e. The van der Waals surface area contributed by atoms with Crippen LogP contribution in [-0.2, 0) is 0 Å². The van der Waals surface area contributed by atoms with Gasteiger partial charge in [0.05, 0.1) is 18.0 Å². The summed E-state index contributed by atoms with van der Waals surface area (Å²) < 4.78 is 10.8. The molecule has 98 valence electrons. The number of rotatable bonds is 6. The zero-order valence-corrected chi connectivity index (χ0v) is 11.7. The van der Waals surface area contributed by atoms with Crippen molar-refractivity contribution >= 4 is 11.8 Å². The maximum Gasteiger partial charge on any atom is 0.256 e. The highest BCUT2D eigenvalue weighted by atomic mass is 32.2. The molecule has 5 heteroatoms. The van der Waals surface area contributed by atoms with E-state index in [-0.39, 0.29) is 6.04 Å². The van der Waals surface area contributed by atoms with Gasteiger partial charge in [0.1, 0.15) is 11.5 Å². The summed E-state index contributed by atoms with van der Waals surface area (Å²) in [6.07, 6.45) is 1.70. The van der Waals surface area contributed by atoms with Gasteiger partial charge in [0.15, 0.2) is 0 Å². The first kappa shape index (κ1) is 13.2. The molecule has 0 aromatic carbocycles. The van der Waals surface area contributed by atoms with Gasteiger partial charge in [-0.15, -0.1) is 0 Å². The number of aryl methyl sites for hydroxylation is 2. The molecule has 2 aromatic heterocycles. The third-order valence-corrected chi connectivity index (χ3v) is 3.59. The van der Waals surface area contributed by atoms with Crippen molar-refractivity contribution in [2.45, 2.75) is 32.0 Å². The normalized spacial score (nSPS) is 12.8. The number of nitrogens with one attached hydrogen (secondary N) is 1. The van der Waals surface area contributed by atoms with E-state index >= 15 is 0 Å². The molecule has 2 heterocycles. The molecule has 0 bridgehead atoms. The summed E-state index contributed by atoms with van der Waals surface area (Å²) in [4.78, 5) is 4.33. The second-order valence-corrected chi connectivity index (χ2v) is 5.21. The maximum absolute atomic E-state index is 5.50. The van der Waals surface area contributed by atoms with Gasteiger partial charge < -0.3 is 14.2 Å². The number of furan rings is 1. The Hall–Kier alpha value is -1.20. The molecule has 0 saturated carbocycles. The highest BCUT2D eigenvalue weighted by Gasteiger charge is 2.08. The summed E-state index contributed by atoms with van der Waals surface area (Å²) in [5, 5.41) is 4.14. The molecule has 0 aliphatic carbocycles. The van der Waals surface area contributed by atoms with E-state index in [0.29, 0.717) is 0 Å². The Bertz CT molecular complexity index is 460. The Morgan fingerprint density at radius 2 is 2.28 bits per heavy atom. The van der Waals surface area contributed by atoms with Gasteiger partial charge in [0.25, 0.3) is 5.22 Å². The zero-order valence-electron chi connectivity index (χ0n) is 10.9. The fourth-order valence-corrected chi connectivity index (χ4v) is 2.34. The fraction of sp³-hybridized carbons (Fsp3) is 0.462. The van der Waals surface area contributed by atoms with Crippen molar-refractivity contribution in [1.82, 2.24) is 10.3 Å². The van der Waals surface area contributed by atoms with Crippen LogP contribution in [0.5, 0.6) is 0 Å². The SMILES string of the molecule is Cc1nc(SCCNC(C)c2ccco2)oc1C. The molecular formula is C13H18N2O2S. The van der Waals surface area contributed by atoms with E-state index in [1.54, 1.807) is 18.0 Å². The largest absolute Gasteiger partial charge is 0.468 e. The molecule has 1 unspecified atom stereocenters. The molecule has 0 radical (unpaired) electrons. The first-order valence-electron chi connectivity index (χ1n) is 6.00. The minimum atomic E-state index is 0.230. The molecule has 0 fully saturated rings. The number of hydrogen-bond donors (Lipinski definition) is 1. The van der Waals surface area contributed by atoms with Crippen LogP contribution in [0, 0.1) is 13.8 Å². The van der Waals surface area contributed by atoms with E-state index in [4.69, 9.17) is 8.83 Å². The third-order valence-electron chi connectivity index (χ3n) is 2.76. The molecule has 0 saturated heterocycles. The van der Waals surface area contributed by atoms with Crippen LogP contribution >= 0.6 is 11.8 Å². The Labute approximate surface area is 111 Å². The van der Waals surface area contributed by atoms with Crippen LogP contribution in [0.15, 0.2) is 32.5 Å². The van der Waals surface area contributed by atoms with Crippen molar-refractivity contribution in [2.24, 2.45) is 0 Å². The lowest BCUT2D eigenvalue weighted by molar-refractivity contribution is 0.429. The van der Waals surface area contributed by atoms with Crippen molar-refractivity contribution in [1.29, 1.82) is 0 Å². The predicted octanol–water partition coefficient (Wildman–Crippen LogP) is 3.33. The van der Waals surface area contributed by atoms with Gasteiger partial charge in [-0.1, -0.05) is 11.8 Å². The molecule has 0 amide bonds. The summed E-state index contributed by atoms with van der Waals surface area (Å²) in [7, 11) is 0. The van der Waals surface area contributed by atoms with Gasteiger partial charge >= 0.3 is 0 Å². The van der Waals surface area contributed by atoms with Crippen LogP contribution in [0.4, 0.5) is 0 Å². The van der Waals surface area contributed by atoms with Gasteiger partial charge in [0, 0.05) is 12.3 Å². The van der Waals surface area contributed by atoms with Crippen molar-refractivity contribution in [2.75, 3.05) is 12.3 Å². The molecule has 0 aliphatic heterocycles. The lowest BCUT2D eigenvalue weighted by Crippen LogP contribution is -2.20. The van der Waals surface area contributed by atoms with Crippen LogP contribution in [0.3, 0.4) is 0 Å². The highest BCUT2D eigenvalue weighted by molar-refractivity contribution is 7.99. The van der Waals surface area contributed by atoms with Gasteiger partial charge in [-0.2, -0.15) is 0 Å². The van der Waals surface area contributed by atoms with E-state index in [9.17, 15) is 0 Å². The Kier molecular flexibility index (Phi) is 4.49. The monoisotopic (exact) mass is 266 g/mol. The first-order chi connectivity index (χ1) is 8.66. The molecular weight excluding hydrogens is 248 g/mol. The second-order valence-electron chi connectivity index (χ2n) is 4.16. The predicted molar refractivity (Wildman–Crippen MR) is 71.8 cm³/mol. The topological polar surface area (TPSA) is 51.2 Å². The zero-order chi connectivity index (χ0) is 13.0. The summed E-state index contributed by atoms with van der Waals surface area (Å²) in [5.74, 6) is 2.78. The number of aromatic nitrogens is 1. The van der Waals surface area contributed by atoms with Crippen LogP contribution in [0.2, 0.25) is 0 Å². The van der Waals surface area contributed by atoms with Gasteiger partial charge in [-0.3, -0.25) is 0 Å². The fourth-order valence-electron chi connectivity index (χ4n) is 1.56. The summed E-state index contributed by atoms with van der Waals surface area (Å²) >= 11 is 1.62. The van der Waals surface area contributed by atoms with Crippen molar-refractivity contribution in [3.63, 3.8) is 0 Å². The lowest BCUT2D eigenvalue weighted by atomic mass is 10.2. The molecule has 2 aromatic rings. The molecule has 2 rings (SSSR count). The summed E-state index contributed by atoms with van der Waals surface area (Å²) in [6, 6.07) is 4.11. The van der Waals surface area contributed by atoms with Crippen molar-refractivity contribution in [3.05, 3.63) is 35.6 Å². The highest BCUT2D eigenvalue weighted by Crippen LogP contribution is 2.20. The quantitative estimate of drug-likeness (QED) is 0.642. The first-order valence-corrected chi connectivity index (χ1v) is 6.99. The average molecular weight is 266 g/mol. The van der Waals surface area contributed by atoms with Gasteiger partial charge in [-0.25, -0.2) is 4.98 Å². The third kappa shape index (κ3) is 3.40. The molecule has 0 spiro atoms. The standard InChI is InChI=1S/C13H18N2O2S/c1-9-11(3)17-13(15-9)18-8-6-14-10(2)12-5-4-7-16-12/h4-5,7,10,14H,6,8H2,1-3H3. The average Bonchev–Trinajstić information content (AvgIpc) is 2.96. The maximum atomic E-state index is 5.50. The Morgan fingerprint density at radius 3 is 2.89 bits per heavy atom. The molecule has 0 aliphatic rings. The van der Waals surface area contributed by atoms with Crippen molar-refractivity contribution in [3.8, 4) is 0 Å². The number of oxazole rings is 1. The Balaban J connectivity index is 1.70. The Morgan fingerprint density at radius 1 is 1.44 bits per heavy atom. The van der Waals surface area contributed by atoms with E-state index in [1.165, 1.54) is 0 Å². The molecule has 4 nitrogen and oxygen atoms in total. The van der Waals surface area contributed by atoms with E-state index < -0.39 is 0 Å². The molecule has 1 atom stereocenters. The van der Waals surface area contributed by atoms with Crippen LogP contribution in [0.1, 0.15) is 30.2 Å². The van der Waals surface area contributed by atoms with E-state index in [0.717, 1.165) is 34.7 Å². The molecule has 1 N–H and O–H groups in total. The lowest BCUT2D eigenvalue weighted by Gasteiger charge is -2.09. The second kappa shape index (κ2) is 6.11. The number of thioether (sulfide) groups is 1. The van der Waals surface area contributed by atoms with Crippen LogP contribution < -0.4 is 5.32 Å². The summed E-state index contributed by atoms with van der Waals surface area (Å²) in [5.41, 5.74) is 0.967. The van der Waals surface area contributed by atoms with Crippen LogP contribution in [-0.4, -0.2) is 17.3 Å². The van der Waals surface area contributed by atoms with Crippen molar-refractivity contribution < 1.29 is 8.83 Å². The van der Waals surface area contributed by atoms with Gasteiger partial charge in [-0.05, 0) is 32.9 Å². The minimum absolute atomic E-state index is 0.230. The van der Waals surface area contributed by atoms with Gasteiger partial charge in [0.2, 0.25) is 0 Å². The molecule has 18 heavy (non-hydrogen) atoms. The number of hydrogen-bond acceptors (Lipinski definition) is 5. The van der Waals surface area contributed by atoms with Crippen LogP contribution in [0.25, 0.3) is 0 Å².